The van der Waals surface area contributed by atoms with Gasteiger partial charge in [-0.2, -0.15) is 0 Å². The number of pyridine rings is 1. The normalized spacial score (nSPS) is 16.7. The number of tetrazole rings is 1. The molecule has 5 rings (SSSR count). The van der Waals surface area contributed by atoms with E-state index in [9.17, 15) is 4.79 Å². The van der Waals surface area contributed by atoms with Gasteiger partial charge in [-0.05, 0) is 65.1 Å². The predicted octanol–water partition coefficient (Wildman–Crippen LogP) is 4.44. The van der Waals surface area contributed by atoms with Crippen LogP contribution in [0.2, 0.25) is 0 Å². The van der Waals surface area contributed by atoms with E-state index >= 15 is 0 Å². The highest BCUT2D eigenvalue weighted by molar-refractivity contribution is 5.81. The molecule has 1 aliphatic heterocycles. The summed E-state index contributed by atoms with van der Waals surface area (Å²) >= 11 is 0. The Hall–Kier alpha value is -3.36. The number of hydrogen-bond donors (Lipinski definition) is 1. The molecule has 0 bridgehead atoms. The van der Waals surface area contributed by atoms with E-state index in [-0.39, 0.29) is 23.6 Å². The van der Waals surface area contributed by atoms with Crippen molar-refractivity contribution >= 4 is 10.9 Å². The van der Waals surface area contributed by atoms with Gasteiger partial charge in [-0.25, -0.2) is 4.68 Å². The van der Waals surface area contributed by atoms with Crippen LogP contribution < -0.4 is 5.56 Å². The lowest BCUT2D eigenvalue weighted by molar-refractivity contribution is 0.0384. The Morgan fingerprint density at radius 2 is 2.00 bits per heavy atom. The van der Waals surface area contributed by atoms with Gasteiger partial charge in [0.2, 0.25) is 0 Å². The van der Waals surface area contributed by atoms with Crippen molar-refractivity contribution in [2.24, 2.45) is 5.92 Å². The maximum Gasteiger partial charge on any atom is 0.252 e. The van der Waals surface area contributed by atoms with Gasteiger partial charge in [-0.1, -0.05) is 62.4 Å². The van der Waals surface area contributed by atoms with Gasteiger partial charge in [0.05, 0.1) is 17.7 Å². The first-order chi connectivity index (χ1) is 18.0. The molecular weight excluding hydrogens is 464 g/mol. The molecule has 0 saturated carbocycles. The monoisotopic (exact) mass is 500 g/mol. The molecule has 37 heavy (non-hydrogen) atoms. The number of fused-ring (bicyclic) bond motifs is 1. The van der Waals surface area contributed by atoms with E-state index < -0.39 is 0 Å². The highest BCUT2D eigenvalue weighted by atomic mass is 16.5. The Morgan fingerprint density at radius 1 is 1.16 bits per heavy atom. The summed E-state index contributed by atoms with van der Waals surface area (Å²) in [7, 11) is 0. The molecule has 1 aliphatic rings. The van der Waals surface area contributed by atoms with Crippen LogP contribution in [0.4, 0.5) is 0 Å². The van der Waals surface area contributed by atoms with Crippen molar-refractivity contribution in [1.82, 2.24) is 30.1 Å². The number of aromatic amines is 1. The van der Waals surface area contributed by atoms with Gasteiger partial charge in [0.25, 0.3) is 5.56 Å². The second kappa shape index (κ2) is 11.4. The van der Waals surface area contributed by atoms with Crippen LogP contribution in [0.15, 0.2) is 59.4 Å². The molecule has 2 aromatic heterocycles. The first-order valence-corrected chi connectivity index (χ1v) is 13.3. The van der Waals surface area contributed by atoms with Crippen LogP contribution in [0.25, 0.3) is 10.9 Å². The lowest BCUT2D eigenvalue weighted by atomic mass is 9.99. The van der Waals surface area contributed by atoms with Crippen LogP contribution in [0.3, 0.4) is 0 Å². The third-order valence-electron chi connectivity index (χ3n) is 7.30. The molecule has 2 atom stereocenters. The van der Waals surface area contributed by atoms with Gasteiger partial charge >= 0.3 is 0 Å². The van der Waals surface area contributed by atoms with Gasteiger partial charge in [-0.15, -0.1) is 5.10 Å². The number of rotatable bonds is 10. The highest BCUT2D eigenvalue weighted by Crippen LogP contribution is 2.30. The average Bonchev–Trinajstić information content (AvgIpc) is 3.57. The second-order valence-corrected chi connectivity index (χ2v) is 10.4. The maximum atomic E-state index is 13.2. The topological polar surface area (TPSA) is 88.9 Å². The molecule has 1 N–H and O–H groups in total. The summed E-state index contributed by atoms with van der Waals surface area (Å²) in [6, 6.07) is 18.4. The molecule has 0 amide bonds. The minimum atomic E-state index is -0.0671. The van der Waals surface area contributed by atoms with Crippen LogP contribution in [-0.2, 0) is 24.2 Å². The number of nitrogens with one attached hydrogen (secondary N) is 1. The molecule has 0 radical (unpaired) electrons. The van der Waals surface area contributed by atoms with Crippen LogP contribution in [-0.4, -0.2) is 49.3 Å². The standard InChI is InChI=1S/C29H36N6O2/c1-20(2)27(28-31-32-33-35(28)15-14-22-10-5-4-6-11-22)34(19-25-13-8-16-37-25)18-24-17-23-12-7-9-21(3)26(23)30-29(24)36/h4-7,9-12,17,20,25,27H,8,13-16,18-19H2,1-3H3,(H,30,36)/t25-,27-/m0/s1. The third kappa shape index (κ3) is 5.81. The fourth-order valence-electron chi connectivity index (χ4n) is 5.44. The van der Waals surface area contributed by atoms with E-state index in [2.05, 4.69) is 69.6 Å². The minimum absolute atomic E-state index is 0.0506. The number of nitrogens with zero attached hydrogens (tertiary/aromatic N) is 5. The van der Waals surface area contributed by atoms with Crippen molar-refractivity contribution in [2.45, 2.75) is 65.3 Å². The number of hydrogen-bond acceptors (Lipinski definition) is 6. The van der Waals surface area contributed by atoms with Crippen molar-refractivity contribution in [3.05, 3.63) is 87.5 Å². The summed E-state index contributed by atoms with van der Waals surface area (Å²) < 4.78 is 7.96. The van der Waals surface area contributed by atoms with E-state index in [1.54, 1.807) is 0 Å². The lowest BCUT2D eigenvalue weighted by Gasteiger charge is -2.35. The maximum absolute atomic E-state index is 13.2. The zero-order chi connectivity index (χ0) is 25.8. The molecule has 0 aliphatic carbocycles. The minimum Gasteiger partial charge on any atom is -0.377 e. The largest absolute Gasteiger partial charge is 0.377 e. The van der Waals surface area contributed by atoms with Crippen molar-refractivity contribution in [1.29, 1.82) is 0 Å². The molecule has 1 fully saturated rings. The summed E-state index contributed by atoms with van der Waals surface area (Å²) in [4.78, 5) is 18.7. The SMILES string of the molecule is Cc1cccc2cc(CN(C[C@@H]3CCCO3)[C@H](c3nnnn3CCc3ccccc3)C(C)C)c(=O)[nH]c12. The summed E-state index contributed by atoms with van der Waals surface area (Å²) in [6.45, 7) is 9.10. The van der Waals surface area contributed by atoms with E-state index in [1.807, 2.05) is 35.9 Å². The lowest BCUT2D eigenvalue weighted by Crippen LogP contribution is -2.40. The molecule has 8 nitrogen and oxygen atoms in total. The van der Waals surface area contributed by atoms with Gasteiger partial charge in [0.15, 0.2) is 5.82 Å². The Bertz CT molecular complexity index is 1370. The van der Waals surface area contributed by atoms with Crippen LogP contribution in [0, 0.1) is 12.8 Å². The molecule has 2 aromatic carbocycles. The molecule has 3 heterocycles. The van der Waals surface area contributed by atoms with Crippen molar-refractivity contribution < 1.29 is 4.74 Å². The molecule has 8 heteroatoms. The van der Waals surface area contributed by atoms with E-state index in [1.165, 1.54) is 5.56 Å². The fraction of sp³-hybridized carbons (Fsp3) is 0.448. The van der Waals surface area contributed by atoms with E-state index in [4.69, 9.17) is 4.74 Å². The number of aryl methyl sites for hydroxylation is 3. The van der Waals surface area contributed by atoms with Crippen LogP contribution in [0.5, 0.6) is 0 Å². The summed E-state index contributed by atoms with van der Waals surface area (Å²) in [6.07, 6.45) is 3.07. The summed E-state index contributed by atoms with van der Waals surface area (Å²) in [5.41, 5.74) is 3.90. The Balaban J connectivity index is 1.47. The molecule has 4 aromatic rings. The first-order valence-electron chi connectivity index (χ1n) is 13.3. The smallest absolute Gasteiger partial charge is 0.252 e. The second-order valence-electron chi connectivity index (χ2n) is 10.4. The third-order valence-corrected chi connectivity index (χ3v) is 7.30. The number of benzene rings is 2. The van der Waals surface area contributed by atoms with E-state index in [0.29, 0.717) is 13.1 Å². The predicted molar refractivity (Wildman–Crippen MR) is 144 cm³/mol. The molecular formula is C29H36N6O2. The molecule has 0 unspecified atom stereocenters. The molecule has 0 spiro atoms. The van der Waals surface area contributed by atoms with Crippen LogP contribution >= 0.6 is 0 Å². The van der Waals surface area contributed by atoms with Gasteiger partial charge in [0, 0.05) is 31.8 Å². The van der Waals surface area contributed by atoms with Crippen molar-refractivity contribution in [3.63, 3.8) is 0 Å². The van der Waals surface area contributed by atoms with Gasteiger partial charge < -0.3 is 9.72 Å². The van der Waals surface area contributed by atoms with Crippen molar-refractivity contribution in [3.8, 4) is 0 Å². The van der Waals surface area contributed by atoms with Crippen molar-refractivity contribution in [2.75, 3.05) is 13.2 Å². The Morgan fingerprint density at radius 3 is 2.76 bits per heavy atom. The Labute approximate surface area is 217 Å². The van der Waals surface area contributed by atoms with Gasteiger partial charge in [0.1, 0.15) is 0 Å². The van der Waals surface area contributed by atoms with Crippen LogP contribution in [0.1, 0.15) is 55.2 Å². The zero-order valence-corrected chi connectivity index (χ0v) is 21.9. The molecule has 1 saturated heterocycles. The summed E-state index contributed by atoms with van der Waals surface area (Å²) in [5.74, 6) is 1.06. The number of ether oxygens (including phenoxy) is 1. The Kier molecular flexibility index (Phi) is 7.76. The number of aromatic nitrogens is 5. The number of H-pyrrole nitrogens is 1. The fourth-order valence-corrected chi connectivity index (χ4v) is 5.44. The zero-order valence-electron chi connectivity index (χ0n) is 21.9. The van der Waals surface area contributed by atoms with Gasteiger partial charge in [-0.3, -0.25) is 9.69 Å². The van der Waals surface area contributed by atoms with E-state index in [0.717, 1.165) is 60.3 Å². The summed E-state index contributed by atoms with van der Waals surface area (Å²) in [5, 5.41) is 14.0. The first kappa shape index (κ1) is 25.3. The quantitative estimate of drug-likeness (QED) is 0.346. The molecule has 194 valence electrons. The average molecular weight is 501 g/mol. The number of para-hydroxylation sites is 1. The highest BCUT2D eigenvalue weighted by Gasteiger charge is 2.32.